The van der Waals surface area contributed by atoms with Crippen LogP contribution in [-0.4, -0.2) is 46.3 Å². The first-order valence-electron chi connectivity index (χ1n) is 6.60. The molecule has 9 heteroatoms. The molecule has 0 spiro atoms. The lowest BCUT2D eigenvalue weighted by molar-refractivity contribution is -0.141. The molecule has 21 heavy (non-hydrogen) atoms. The number of hydrogen-bond donors (Lipinski definition) is 3. The predicted molar refractivity (Wildman–Crippen MR) is 78.7 cm³/mol. The molecule has 0 radical (unpaired) electrons. The lowest BCUT2D eigenvalue weighted by atomic mass is 10.3. The molecule has 0 saturated carbocycles. The second kappa shape index (κ2) is 8.93. The molecular weight excluding hydrogens is 305 g/mol. The first-order chi connectivity index (χ1) is 9.97. The van der Waals surface area contributed by atoms with Crippen molar-refractivity contribution in [3.8, 4) is 0 Å². The minimum atomic E-state index is -4.50. The van der Waals surface area contributed by atoms with Crippen LogP contribution >= 0.6 is 11.8 Å². The fraction of sp³-hybridized carbons (Fsp3) is 0.667. The average molecular weight is 324 g/mol. The first-order valence-corrected chi connectivity index (χ1v) is 7.75. The topological polar surface area (TPSA) is 70.1 Å². The van der Waals surface area contributed by atoms with Crippen molar-refractivity contribution in [1.29, 1.82) is 0 Å². The van der Waals surface area contributed by atoms with E-state index in [4.69, 9.17) is 5.11 Å². The second-order valence-corrected chi connectivity index (χ2v) is 5.33. The molecule has 0 atom stereocenters. The van der Waals surface area contributed by atoms with Gasteiger partial charge in [-0.1, -0.05) is 0 Å². The van der Waals surface area contributed by atoms with Gasteiger partial charge in [-0.15, -0.1) is 0 Å². The van der Waals surface area contributed by atoms with Crippen LogP contribution in [0.1, 0.15) is 19.0 Å². The molecule has 0 aromatic carbocycles. The van der Waals surface area contributed by atoms with Gasteiger partial charge in [0.2, 0.25) is 5.95 Å². The summed E-state index contributed by atoms with van der Waals surface area (Å²) in [5, 5.41) is 14.2. The van der Waals surface area contributed by atoms with E-state index < -0.39 is 11.9 Å². The van der Waals surface area contributed by atoms with E-state index in [9.17, 15) is 13.2 Å². The van der Waals surface area contributed by atoms with Crippen molar-refractivity contribution >= 4 is 23.5 Å². The molecule has 0 fully saturated rings. The van der Waals surface area contributed by atoms with E-state index in [0.717, 1.165) is 17.6 Å². The summed E-state index contributed by atoms with van der Waals surface area (Å²) in [6, 6.07) is 0.902. The summed E-state index contributed by atoms with van der Waals surface area (Å²) in [6.07, 6.45) is -3.79. The lowest BCUT2D eigenvalue weighted by Gasteiger charge is -2.12. The highest BCUT2D eigenvalue weighted by molar-refractivity contribution is 7.99. The van der Waals surface area contributed by atoms with Gasteiger partial charge in [-0.25, -0.2) is 4.98 Å². The third-order valence-electron chi connectivity index (χ3n) is 2.35. The van der Waals surface area contributed by atoms with Gasteiger partial charge in [0, 0.05) is 31.5 Å². The van der Waals surface area contributed by atoms with Crippen molar-refractivity contribution in [3.05, 3.63) is 11.8 Å². The largest absolute Gasteiger partial charge is 0.433 e. The molecule has 0 aliphatic rings. The number of aliphatic hydroxyl groups is 1. The number of alkyl halides is 3. The number of hydrogen-bond acceptors (Lipinski definition) is 6. The summed E-state index contributed by atoms with van der Waals surface area (Å²) < 4.78 is 38.2. The van der Waals surface area contributed by atoms with Gasteiger partial charge in [-0.05, 0) is 19.1 Å². The van der Waals surface area contributed by atoms with E-state index in [0.29, 0.717) is 19.5 Å². The molecule has 1 aromatic rings. The molecule has 1 heterocycles. The zero-order valence-corrected chi connectivity index (χ0v) is 12.5. The fourth-order valence-corrected chi connectivity index (χ4v) is 2.22. The number of nitrogens with zero attached hydrogens (tertiary/aromatic N) is 2. The number of thioether (sulfide) groups is 1. The van der Waals surface area contributed by atoms with Crippen LogP contribution < -0.4 is 10.6 Å². The van der Waals surface area contributed by atoms with Gasteiger partial charge >= 0.3 is 6.18 Å². The van der Waals surface area contributed by atoms with Crippen molar-refractivity contribution in [3.63, 3.8) is 0 Å². The summed E-state index contributed by atoms with van der Waals surface area (Å²) in [4.78, 5) is 7.43. The van der Waals surface area contributed by atoms with Crippen LogP contribution in [0.15, 0.2) is 6.07 Å². The molecule has 1 rings (SSSR count). The van der Waals surface area contributed by atoms with Crippen LogP contribution in [-0.2, 0) is 6.18 Å². The third-order valence-corrected chi connectivity index (χ3v) is 3.42. The van der Waals surface area contributed by atoms with Crippen molar-refractivity contribution in [2.75, 3.05) is 41.8 Å². The Balaban J connectivity index is 2.61. The zero-order valence-electron chi connectivity index (χ0n) is 11.7. The van der Waals surface area contributed by atoms with Crippen molar-refractivity contribution in [2.24, 2.45) is 0 Å². The number of aliphatic hydroxyl groups excluding tert-OH is 1. The normalized spacial score (nSPS) is 11.5. The molecule has 0 aliphatic heterocycles. The van der Waals surface area contributed by atoms with Gasteiger partial charge in [0.15, 0.2) is 5.69 Å². The van der Waals surface area contributed by atoms with Crippen LogP contribution in [0.5, 0.6) is 0 Å². The Morgan fingerprint density at radius 3 is 2.62 bits per heavy atom. The summed E-state index contributed by atoms with van der Waals surface area (Å²) >= 11 is 1.62. The molecule has 3 N–H and O–H groups in total. The second-order valence-electron chi connectivity index (χ2n) is 4.11. The maximum absolute atomic E-state index is 12.7. The Labute approximate surface area is 125 Å². The van der Waals surface area contributed by atoms with E-state index in [-0.39, 0.29) is 18.4 Å². The van der Waals surface area contributed by atoms with Crippen molar-refractivity contribution in [1.82, 2.24) is 9.97 Å². The van der Waals surface area contributed by atoms with Crippen LogP contribution in [0.2, 0.25) is 0 Å². The number of aromatic nitrogens is 2. The summed E-state index contributed by atoms with van der Waals surface area (Å²) in [7, 11) is 0. The van der Waals surface area contributed by atoms with Crippen molar-refractivity contribution < 1.29 is 18.3 Å². The Bertz CT molecular complexity index is 431. The van der Waals surface area contributed by atoms with Gasteiger partial charge in [0.25, 0.3) is 0 Å². The SMILES string of the molecule is CCNc1nc(NCCSCCCO)cc(C(F)(F)F)n1. The first kappa shape index (κ1) is 17.8. The maximum atomic E-state index is 12.7. The highest BCUT2D eigenvalue weighted by Crippen LogP contribution is 2.29. The zero-order chi connectivity index (χ0) is 15.7. The molecule has 0 amide bonds. The molecule has 0 aliphatic carbocycles. The molecular formula is C12H19F3N4OS. The Hall–Kier alpha value is -1.22. The highest BCUT2D eigenvalue weighted by atomic mass is 32.2. The van der Waals surface area contributed by atoms with Gasteiger partial charge in [-0.3, -0.25) is 0 Å². The average Bonchev–Trinajstić information content (AvgIpc) is 2.42. The van der Waals surface area contributed by atoms with Gasteiger partial charge in [0.1, 0.15) is 5.82 Å². The fourth-order valence-electron chi connectivity index (χ4n) is 1.44. The lowest BCUT2D eigenvalue weighted by Crippen LogP contribution is -2.15. The molecule has 120 valence electrons. The van der Waals surface area contributed by atoms with Gasteiger partial charge < -0.3 is 15.7 Å². The van der Waals surface area contributed by atoms with Crippen LogP contribution in [0.25, 0.3) is 0 Å². The van der Waals surface area contributed by atoms with E-state index >= 15 is 0 Å². The predicted octanol–water partition coefficient (Wildman–Crippen LogP) is 2.45. The third kappa shape index (κ3) is 6.85. The van der Waals surface area contributed by atoms with Crippen LogP contribution in [0, 0.1) is 0 Å². The molecule has 5 nitrogen and oxygen atoms in total. The van der Waals surface area contributed by atoms with E-state index in [1.165, 1.54) is 0 Å². The molecule has 0 bridgehead atoms. The number of halogens is 3. The van der Waals surface area contributed by atoms with E-state index in [2.05, 4.69) is 20.6 Å². The number of rotatable bonds is 9. The maximum Gasteiger partial charge on any atom is 0.433 e. The molecule has 0 saturated heterocycles. The number of anilines is 2. The minimum Gasteiger partial charge on any atom is -0.396 e. The van der Waals surface area contributed by atoms with Gasteiger partial charge in [0.05, 0.1) is 0 Å². The van der Waals surface area contributed by atoms with Gasteiger partial charge in [-0.2, -0.15) is 29.9 Å². The molecule has 0 unspecified atom stereocenters. The quantitative estimate of drug-likeness (QED) is 0.606. The van der Waals surface area contributed by atoms with Crippen LogP contribution in [0.3, 0.4) is 0 Å². The Kier molecular flexibility index (Phi) is 7.58. The Morgan fingerprint density at radius 2 is 2.00 bits per heavy atom. The van der Waals surface area contributed by atoms with Crippen LogP contribution in [0.4, 0.5) is 24.9 Å². The van der Waals surface area contributed by atoms with E-state index in [1.54, 1.807) is 18.7 Å². The minimum absolute atomic E-state index is 0.0391. The highest BCUT2D eigenvalue weighted by Gasteiger charge is 2.33. The van der Waals surface area contributed by atoms with Crippen molar-refractivity contribution in [2.45, 2.75) is 19.5 Å². The summed E-state index contributed by atoms with van der Waals surface area (Å²) in [5.74, 6) is 1.65. The summed E-state index contributed by atoms with van der Waals surface area (Å²) in [5.41, 5.74) is -0.969. The van der Waals surface area contributed by atoms with E-state index in [1.807, 2.05) is 0 Å². The Morgan fingerprint density at radius 1 is 1.24 bits per heavy atom. The smallest absolute Gasteiger partial charge is 0.396 e. The number of nitrogens with one attached hydrogen (secondary N) is 2. The molecule has 1 aromatic heterocycles. The standard InChI is InChI=1S/C12H19F3N4OS/c1-2-16-11-18-9(12(13,14)15)8-10(19-11)17-4-7-21-6-3-5-20/h8,20H,2-7H2,1H3,(H2,16,17,18,19). The monoisotopic (exact) mass is 324 g/mol. The summed E-state index contributed by atoms with van der Waals surface area (Å²) in [6.45, 7) is 2.84.